The number of aryl methyl sites for hydroxylation is 2. The molecule has 2 aliphatic rings. The van der Waals surface area contributed by atoms with Gasteiger partial charge in [-0.15, -0.1) is 0 Å². The van der Waals surface area contributed by atoms with Crippen molar-refractivity contribution in [3.63, 3.8) is 0 Å². The molecular weight excluding hydrogens is 306 g/mol. The van der Waals surface area contributed by atoms with Crippen molar-refractivity contribution in [1.82, 2.24) is 20.0 Å². The number of anilines is 1. The quantitative estimate of drug-likeness (QED) is 0.834. The number of carbonyl (C=O) groups excluding carboxylic acids is 1. The maximum absolute atomic E-state index is 12.5. The van der Waals surface area contributed by atoms with E-state index >= 15 is 0 Å². The van der Waals surface area contributed by atoms with E-state index < -0.39 is 0 Å². The lowest BCUT2D eigenvalue weighted by Gasteiger charge is -2.23. The number of aromatic nitrogens is 3. The Morgan fingerprint density at radius 3 is 2.46 bits per heavy atom. The highest BCUT2D eigenvalue weighted by atomic mass is 16.5. The molecule has 0 N–H and O–H groups in total. The summed E-state index contributed by atoms with van der Waals surface area (Å²) in [5.74, 6) is 2.63. The molecule has 7 heteroatoms. The molecule has 0 radical (unpaired) electrons. The molecule has 2 aromatic rings. The van der Waals surface area contributed by atoms with Crippen LogP contribution in [-0.2, 0) is 0 Å². The maximum atomic E-state index is 12.5. The Labute approximate surface area is 140 Å². The minimum Gasteiger partial charge on any atom is -0.361 e. The number of likely N-dealkylation sites (tertiary alicyclic amines) is 1. The van der Waals surface area contributed by atoms with Gasteiger partial charge in [0.05, 0.1) is 0 Å². The third-order valence-electron chi connectivity index (χ3n) is 5.23. The molecule has 2 aromatic heterocycles. The lowest BCUT2D eigenvalue weighted by atomic mass is 10.0. The van der Waals surface area contributed by atoms with Gasteiger partial charge in [0, 0.05) is 55.3 Å². The van der Waals surface area contributed by atoms with Crippen LogP contribution in [0.5, 0.6) is 0 Å². The molecule has 126 valence electrons. The molecule has 24 heavy (non-hydrogen) atoms. The Hall–Kier alpha value is -2.44. The van der Waals surface area contributed by atoms with Crippen LogP contribution in [0.4, 0.5) is 5.82 Å². The van der Waals surface area contributed by atoms with E-state index in [1.165, 1.54) is 0 Å². The Kier molecular flexibility index (Phi) is 3.51. The normalized spacial score (nSPS) is 23.0. The first-order chi connectivity index (χ1) is 11.5. The summed E-state index contributed by atoms with van der Waals surface area (Å²) < 4.78 is 5.02. The average Bonchev–Trinajstić information content (AvgIpc) is 3.23. The Morgan fingerprint density at radius 2 is 1.83 bits per heavy atom. The van der Waals surface area contributed by atoms with E-state index in [4.69, 9.17) is 4.52 Å². The molecule has 0 spiro atoms. The van der Waals surface area contributed by atoms with Crippen molar-refractivity contribution in [3.8, 4) is 0 Å². The Balaban J connectivity index is 1.45. The summed E-state index contributed by atoms with van der Waals surface area (Å²) in [6, 6.07) is 1.70. The zero-order valence-electron chi connectivity index (χ0n) is 14.2. The maximum Gasteiger partial charge on any atom is 0.276 e. The van der Waals surface area contributed by atoms with Crippen LogP contribution < -0.4 is 4.90 Å². The third-order valence-corrected chi connectivity index (χ3v) is 5.23. The van der Waals surface area contributed by atoms with Crippen molar-refractivity contribution >= 4 is 11.7 Å². The molecule has 0 aromatic carbocycles. The lowest BCUT2D eigenvalue weighted by molar-refractivity contribution is 0.0772. The first-order valence-electron chi connectivity index (χ1n) is 8.28. The second-order valence-corrected chi connectivity index (χ2v) is 6.87. The predicted molar refractivity (Wildman–Crippen MR) is 87.8 cm³/mol. The molecule has 0 saturated carbocycles. The van der Waals surface area contributed by atoms with Gasteiger partial charge in [-0.2, -0.15) is 0 Å². The van der Waals surface area contributed by atoms with E-state index in [2.05, 4.69) is 26.9 Å². The van der Waals surface area contributed by atoms with Crippen LogP contribution in [0.15, 0.2) is 16.9 Å². The lowest BCUT2D eigenvalue weighted by Crippen LogP contribution is -2.34. The molecule has 4 rings (SSSR count). The number of hydrogen-bond acceptors (Lipinski definition) is 6. The van der Waals surface area contributed by atoms with E-state index in [1.807, 2.05) is 11.8 Å². The zero-order chi connectivity index (χ0) is 16.8. The van der Waals surface area contributed by atoms with Crippen LogP contribution in [0.1, 0.15) is 27.5 Å². The van der Waals surface area contributed by atoms with E-state index in [0.29, 0.717) is 23.3 Å². The van der Waals surface area contributed by atoms with Gasteiger partial charge < -0.3 is 14.3 Å². The minimum absolute atomic E-state index is 0.0261. The molecular formula is C17H21N5O2. The summed E-state index contributed by atoms with van der Waals surface area (Å²) in [7, 11) is 0. The highest BCUT2D eigenvalue weighted by molar-refractivity contribution is 5.92. The topological polar surface area (TPSA) is 75.4 Å². The molecule has 0 aliphatic carbocycles. The van der Waals surface area contributed by atoms with Crippen molar-refractivity contribution < 1.29 is 9.32 Å². The molecule has 7 nitrogen and oxygen atoms in total. The predicted octanol–water partition coefficient (Wildman–Crippen LogP) is 1.60. The first kappa shape index (κ1) is 15.1. The number of nitrogens with zero attached hydrogens (tertiary/aromatic N) is 5. The molecule has 2 unspecified atom stereocenters. The fraction of sp³-hybridized carbons (Fsp3) is 0.529. The van der Waals surface area contributed by atoms with Crippen LogP contribution in [0.2, 0.25) is 0 Å². The van der Waals surface area contributed by atoms with Gasteiger partial charge in [-0.3, -0.25) is 4.79 Å². The molecule has 4 heterocycles. The number of rotatable bonds is 2. The molecule has 2 atom stereocenters. The van der Waals surface area contributed by atoms with Crippen LogP contribution in [0, 0.1) is 32.6 Å². The van der Waals surface area contributed by atoms with Gasteiger partial charge in [-0.25, -0.2) is 9.97 Å². The van der Waals surface area contributed by atoms with Crippen LogP contribution in [0.25, 0.3) is 0 Å². The second-order valence-electron chi connectivity index (χ2n) is 6.87. The smallest absolute Gasteiger partial charge is 0.276 e. The third kappa shape index (κ3) is 2.44. The fourth-order valence-corrected chi connectivity index (χ4v) is 3.81. The van der Waals surface area contributed by atoms with Crippen molar-refractivity contribution in [1.29, 1.82) is 0 Å². The summed E-state index contributed by atoms with van der Waals surface area (Å²) in [4.78, 5) is 25.5. The second kappa shape index (κ2) is 5.58. The number of carbonyl (C=O) groups is 1. The Bertz CT molecular complexity index is 773. The van der Waals surface area contributed by atoms with Crippen LogP contribution >= 0.6 is 0 Å². The number of hydrogen-bond donors (Lipinski definition) is 0. The Morgan fingerprint density at radius 1 is 1.12 bits per heavy atom. The van der Waals surface area contributed by atoms with Crippen molar-refractivity contribution in [2.24, 2.45) is 11.8 Å². The van der Waals surface area contributed by atoms with Gasteiger partial charge in [0.15, 0.2) is 5.69 Å². The largest absolute Gasteiger partial charge is 0.361 e. The van der Waals surface area contributed by atoms with Gasteiger partial charge in [0.2, 0.25) is 0 Å². The van der Waals surface area contributed by atoms with Gasteiger partial charge in [-0.1, -0.05) is 5.16 Å². The standard InChI is InChI=1S/C17H21N5O2/c1-10-4-15(20-24-10)17(23)22-7-13-5-21(6-14(13)8-22)16-11(2)12(3)18-9-19-16/h4,9,13-14H,5-8H2,1-3H3. The first-order valence-corrected chi connectivity index (χ1v) is 8.28. The molecule has 0 bridgehead atoms. The molecule has 1 amide bonds. The number of fused-ring (bicyclic) bond motifs is 1. The monoisotopic (exact) mass is 327 g/mol. The van der Waals surface area contributed by atoms with E-state index in [1.54, 1.807) is 19.3 Å². The van der Waals surface area contributed by atoms with Gasteiger partial charge in [0.25, 0.3) is 5.91 Å². The molecule has 2 fully saturated rings. The van der Waals surface area contributed by atoms with Crippen molar-refractivity contribution in [3.05, 3.63) is 35.1 Å². The molecule has 2 aliphatic heterocycles. The summed E-state index contributed by atoms with van der Waals surface area (Å²) in [6.07, 6.45) is 1.63. The molecule has 2 saturated heterocycles. The van der Waals surface area contributed by atoms with Crippen molar-refractivity contribution in [2.75, 3.05) is 31.1 Å². The van der Waals surface area contributed by atoms with E-state index in [9.17, 15) is 4.79 Å². The highest BCUT2D eigenvalue weighted by Gasteiger charge is 2.42. The average molecular weight is 327 g/mol. The summed E-state index contributed by atoms with van der Waals surface area (Å²) in [5, 5.41) is 3.84. The van der Waals surface area contributed by atoms with Gasteiger partial charge in [0.1, 0.15) is 17.9 Å². The van der Waals surface area contributed by atoms with Crippen LogP contribution in [-0.4, -0.2) is 52.1 Å². The SMILES string of the molecule is Cc1cc(C(=O)N2CC3CN(c4ncnc(C)c4C)CC3C2)no1. The fourth-order valence-electron chi connectivity index (χ4n) is 3.81. The highest BCUT2D eigenvalue weighted by Crippen LogP contribution is 2.35. The number of amides is 1. The minimum atomic E-state index is -0.0261. The van der Waals surface area contributed by atoms with E-state index in [0.717, 1.165) is 43.3 Å². The van der Waals surface area contributed by atoms with Crippen molar-refractivity contribution in [2.45, 2.75) is 20.8 Å². The van der Waals surface area contributed by atoms with Crippen LogP contribution in [0.3, 0.4) is 0 Å². The summed E-state index contributed by atoms with van der Waals surface area (Å²) in [6.45, 7) is 9.29. The summed E-state index contributed by atoms with van der Waals surface area (Å²) >= 11 is 0. The zero-order valence-corrected chi connectivity index (χ0v) is 14.2. The van der Waals surface area contributed by atoms with Gasteiger partial charge in [-0.05, 0) is 20.8 Å². The van der Waals surface area contributed by atoms with E-state index in [-0.39, 0.29) is 5.91 Å². The van der Waals surface area contributed by atoms with Gasteiger partial charge >= 0.3 is 0 Å². The summed E-state index contributed by atoms with van der Waals surface area (Å²) in [5.41, 5.74) is 2.57.